The Morgan fingerprint density at radius 2 is 1.72 bits per heavy atom. The molecule has 0 aliphatic carbocycles. The van der Waals surface area contributed by atoms with Crippen LogP contribution in [0.3, 0.4) is 0 Å². The average molecular weight is 257 g/mol. The van der Waals surface area contributed by atoms with E-state index in [0.717, 1.165) is 5.03 Å². The lowest BCUT2D eigenvalue weighted by Gasteiger charge is -2.18. The molecular formula is C16H19NS. The van der Waals surface area contributed by atoms with Crippen molar-refractivity contribution in [3.05, 3.63) is 58.8 Å². The van der Waals surface area contributed by atoms with Crippen molar-refractivity contribution >= 4 is 11.8 Å². The summed E-state index contributed by atoms with van der Waals surface area (Å²) in [4.78, 5) is 4.39. The van der Waals surface area contributed by atoms with E-state index in [-0.39, 0.29) is 0 Å². The van der Waals surface area contributed by atoms with Crippen molar-refractivity contribution in [3.63, 3.8) is 0 Å². The summed E-state index contributed by atoms with van der Waals surface area (Å²) >= 11 is 1.82. The molecule has 94 valence electrons. The van der Waals surface area contributed by atoms with Gasteiger partial charge in [-0.25, -0.2) is 4.98 Å². The SMILES string of the molecule is Cc1ccc(C)c(C(C)Sc2ccccn2)c1C. The highest BCUT2D eigenvalue weighted by atomic mass is 32.2. The zero-order valence-electron chi connectivity index (χ0n) is 11.4. The maximum atomic E-state index is 4.39. The molecule has 1 aromatic heterocycles. The minimum absolute atomic E-state index is 0.430. The normalized spacial score (nSPS) is 12.4. The fourth-order valence-electron chi connectivity index (χ4n) is 2.26. The molecular weight excluding hydrogens is 238 g/mol. The van der Waals surface area contributed by atoms with Crippen molar-refractivity contribution in [1.82, 2.24) is 4.98 Å². The number of pyridine rings is 1. The van der Waals surface area contributed by atoms with E-state index in [1.165, 1.54) is 22.3 Å². The minimum Gasteiger partial charge on any atom is -0.250 e. The number of hydrogen-bond acceptors (Lipinski definition) is 2. The summed E-state index contributed by atoms with van der Waals surface area (Å²) < 4.78 is 0. The van der Waals surface area contributed by atoms with Crippen LogP contribution in [-0.2, 0) is 0 Å². The van der Waals surface area contributed by atoms with Crippen molar-refractivity contribution in [2.24, 2.45) is 0 Å². The topological polar surface area (TPSA) is 12.9 Å². The summed E-state index contributed by atoms with van der Waals surface area (Å²) in [5, 5.41) is 1.52. The molecule has 1 atom stereocenters. The minimum atomic E-state index is 0.430. The van der Waals surface area contributed by atoms with Crippen LogP contribution in [-0.4, -0.2) is 4.98 Å². The van der Waals surface area contributed by atoms with Gasteiger partial charge in [0.05, 0.1) is 5.03 Å². The number of thioether (sulfide) groups is 1. The maximum Gasteiger partial charge on any atom is 0.0965 e. The van der Waals surface area contributed by atoms with Crippen LogP contribution in [0.5, 0.6) is 0 Å². The first-order valence-electron chi connectivity index (χ1n) is 6.24. The first-order chi connectivity index (χ1) is 8.59. The van der Waals surface area contributed by atoms with Crippen LogP contribution in [0, 0.1) is 20.8 Å². The van der Waals surface area contributed by atoms with E-state index in [1.54, 1.807) is 0 Å². The van der Waals surface area contributed by atoms with Gasteiger partial charge in [-0.3, -0.25) is 0 Å². The Kier molecular flexibility index (Phi) is 4.07. The van der Waals surface area contributed by atoms with Crippen LogP contribution in [0.4, 0.5) is 0 Å². The zero-order valence-corrected chi connectivity index (χ0v) is 12.2. The smallest absolute Gasteiger partial charge is 0.0965 e. The lowest BCUT2D eigenvalue weighted by atomic mass is 9.96. The third kappa shape index (κ3) is 2.75. The average Bonchev–Trinajstić information content (AvgIpc) is 2.36. The number of aromatic nitrogens is 1. The molecule has 18 heavy (non-hydrogen) atoms. The highest BCUT2D eigenvalue weighted by Gasteiger charge is 2.14. The molecule has 2 aromatic rings. The van der Waals surface area contributed by atoms with Crippen LogP contribution < -0.4 is 0 Å². The van der Waals surface area contributed by atoms with Gasteiger partial charge >= 0.3 is 0 Å². The first kappa shape index (κ1) is 13.2. The van der Waals surface area contributed by atoms with Gasteiger partial charge in [-0.1, -0.05) is 30.0 Å². The van der Waals surface area contributed by atoms with E-state index in [9.17, 15) is 0 Å². The Balaban J connectivity index is 2.29. The molecule has 0 spiro atoms. The standard InChI is InChI=1S/C16H19NS/c1-11-8-9-12(2)16(13(11)3)14(4)18-15-7-5-6-10-17-15/h5-10,14H,1-4H3. The third-order valence-electron chi connectivity index (χ3n) is 3.35. The Bertz CT molecular complexity index is 534. The van der Waals surface area contributed by atoms with Gasteiger partial charge in [0.1, 0.15) is 0 Å². The summed E-state index contributed by atoms with van der Waals surface area (Å²) in [6.07, 6.45) is 1.85. The molecule has 0 aliphatic heterocycles. The van der Waals surface area contributed by atoms with E-state index < -0.39 is 0 Å². The highest BCUT2D eigenvalue weighted by molar-refractivity contribution is 7.99. The van der Waals surface area contributed by atoms with E-state index in [4.69, 9.17) is 0 Å². The Morgan fingerprint density at radius 3 is 2.39 bits per heavy atom. The third-order valence-corrected chi connectivity index (χ3v) is 4.42. The van der Waals surface area contributed by atoms with Crippen molar-refractivity contribution in [2.75, 3.05) is 0 Å². The molecule has 0 fully saturated rings. The fourth-order valence-corrected chi connectivity index (χ4v) is 3.38. The fraction of sp³-hybridized carbons (Fsp3) is 0.312. The van der Waals surface area contributed by atoms with E-state index >= 15 is 0 Å². The summed E-state index contributed by atoms with van der Waals surface area (Å²) in [7, 11) is 0. The van der Waals surface area contributed by atoms with Gasteiger partial charge in [0.2, 0.25) is 0 Å². The molecule has 0 saturated heterocycles. The Morgan fingerprint density at radius 1 is 1.00 bits per heavy atom. The van der Waals surface area contributed by atoms with Gasteiger partial charge in [-0.05, 0) is 62.1 Å². The van der Waals surface area contributed by atoms with Crippen LogP contribution in [0.25, 0.3) is 0 Å². The molecule has 1 aromatic carbocycles. The van der Waals surface area contributed by atoms with E-state index in [2.05, 4.69) is 50.9 Å². The van der Waals surface area contributed by atoms with Crippen molar-refractivity contribution in [1.29, 1.82) is 0 Å². The van der Waals surface area contributed by atoms with E-state index in [1.807, 2.05) is 30.1 Å². The summed E-state index contributed by atoms with van der Waals surface area (Å²) in [5.74, 6) is 0. The van der Waals surface area contributed by atoms with Crippen molar-refractivity contribution in [2.45, 2.75) is 38.0 Å². The molecule has 0 amide bonds. The second-order valence-corrected chi connectivity index (χ2v) is 6.03. The lowest BCUT2D eigenvalue weighted by molar-refractivity contribution is 1.02. The molecule has 0 bridgehead atoms. The Labute approximate surface area is 114 Å². The van der Waals surface area contributed by atoms with Gasteiger partial charge in [0.25, 0.3) is 0 Å². The quantitative estimate of drug-likeness (QED) is 0.728. The maximum absolute atomic E-state index is 4.39. The van der Waals surface area contributed by atoms with Crippen molar-refractivity contribution < 1.29 is 0 Å². The van der Waals surface area contributed by atoms with Crippen LogP contribution in [0.15, 0.2) is 41.6 Å². The number of hydrogen-bond donors (Lipinski definition) is 0. The molecule has 1 unspecified atom stereocenters. The predicted molar refractivity (Wildman–Crippen MR) is 79.2 cm³/mol. The second kappa shape index (κ2) is 5.57. The predicted octanol–water partition coefficient (Wildman–Crippen LogP) is 4.86. The first-order valence-corrected chi connectivity index (χ1v) is 7.12. The van der Waals surface area contributed by atoms with Crippen molar-refractivity contribution in [3.8, 4) is 0 Å². The molecule has 0 radical (unpaired) electrons. The Hall–Kier alpha value is -1.28. The largest absolute Gasteiger partial charge is 0.250 e. The van der Waals surface area contributed by atoms with Gasteiger partial charge in [-0.15, -0.1) is 0 Å². The zero-order chi connectivity index (χ0) is 13.1. The summed E-state index contributed by atoms with van der Waals surface area (Å²) in [5.41, 5.74) is 5.59. The molecule has 2 rings (SSSR count). The monoisotopic (exact) mass is 257 g/mol. The van der Waals surface area contributed by atoms with Gasteiger partial charge < -0.3 is 0 Å². The number of rotatable bonds is 3. The van der Waals surface area contributed by atoms with Crippen LogP contribution in [0.1, 0.15) is 34.4 Å². The van der Waals surface area contributed by atoms with Crippen LogP contribution >= 0.6 is 11.8 Å². The van der Waals surface area contributed by atoms with Gasteiger partial charge in [0.15, 0.2) is 0 Å². The van der Waals surface area contributed by atoms with Gasteiger partial charge in [-0.2, -0.15) is 0 Å². The number of benzene rings is 1. The van der Waals surface area contributed by atoms with Gasteiger partial charge in [0, 0.05) is 11.4 Å². The highest BCUT2D eigenvalue weighted by Crippen LogP contribution is 2.37. The molecule has 1 nitrogen and oxygen atoms in total. The summed E-state index contributed by atoms with van der Waals surface area (Å²) in [6.45, 7) is 8.84. The summed E-state index contributed by atoms with van der Waals surface area (Å²) in [6, 6.07) is 10.5. The van der Waals surface area contributed by atoms with Crippen LogP contribution in [0.2, 0.25) is 0 Å². The molecule has 1 heterocycles. The number of nitrogens with zero attached hydrogens (tertiary/aromatic N) is 1. The number of aryl methyl sites for hydroxylation is 2. The molecule has 0 aliphatic rings. The molecule has 0 saturated carbocycles. The van der Waals surface area contributed by atoms with E-state index in [0.29, 0.717) is 5.25 Å². The molecule has 2 heteroatoms. The molecule has 0 N–H and O–H groups in total. The second-order valence-electron chi connectivity index (χ2n) is 4.67. The lowest BCUT2D eigenvalue weighted by Crippen LogP contribution is -1.99.